The summed E-state index contributed by atoms with van der Waals surface area (Å²) in [7, 11) is 0. The van der Waals surface area contributed by atoms with E-state index in [0.717, 1.165) is 5.69 Å². The molecule has 2 N–H and O–H groups in total. The Morgan fingerprint density at radius 2 is 2.00 bits per heavy atom. The summed E-state index contributed by atoms with van der Waals surface area (Å²) in [5.41, 5.74) is 1.04. The lowest BCUT2D eigenvalue weighted by molar-refractivity contribution is 0.483. The van der Waals surface area contributed by atoms with Gasteiger partial charge in [0.25, 0.3) is 0 Å². The van der Waals surface area contributed by atoms with Crippen LogP contribution in [0.25, 0.3) is 5.57 Å². The summed E-state index contributed by atoms with van der Waals surface area (Å²) in [6.45, 7) is 0. The van der Waals surface area contributed by atoms with Gasteiger partial charge in [-0.1, -0.05) is 23.7 Å². The highest BCUT2D eigenvalue weighted by Gasteiger charge is 2.05. The van der Waals surface area contributed by atoms with Crippen LogP contribution in [0.3, 0.4) is 0 Å². The fourth-order valence-corrected chi connectivity index (χ4v) is 2.03. The average molecular weight is 339 g/mol. The molecular formula is C16H11ClN6O. The molecule has 0 aliphatic heterocycles. The first-order valence-corrected chi connectivity index (χ1v) is 7.27. The predicted octanol–water partition coefficient (Wildman–Crippen LogP) is 3.62. The van der Waals surface area contributed by atoms with Crippen molar-refractivity contribution in [2.45, 2.75) is 0 Å². The number of anilines is 1. The maximum atomic E-state index is 9.10. The topological polar surface area (TPSA) is 99.5 Å². The van der Waals surface area contributed by atoms with Gasteiger partial charge in [0, 0.05) is 11.9 Å². The molecule has 7 nitrogen and oxygen atoms in total. The average Bonchev–Trinajstić information content (AvgIpc) is 3.13. The van der Waals surface area contributed by atoms with Crippen molar-refractivity contribution >= 4 is 22.9 Å². The molecule has 0 saturated heterocycles. The quantitative estimate of drug-likeness (QED) is 0.689. The van der Waals surface area contributed by atoms with Crippen LogP contribution in [0, 0.1) is 11.3 Å². The van der Waals surface area contributed by atoms with E-state index in [1.54, 1.807) is 24.3 Å². The Hall–Kier alpha value is -3.37. The monoisotopic (exact) mass is 338 g/mol. The highest BCUT2D eigenvalue weighted by Crippen LogP contribution is 2.29. The number of rotatable bonds is 5. The van der Waals surface area contributed by atoms with Crippen LogP contribution in [-0.4, -0.2) is 20.6 Å². The summed E-state index contributed by atoms with van der Waals surface area (Å²) in [5.74, 6) is 1.46. The third-order valence-corrected chi connectivity index (χ3v) is 3.32. The summed E-state index contributed by atoms with van der Waals surface area (Å²) in [6, 6.07) is 16.5. The summed E-state index contributed by atoms with van der Waals surface area (Å²) in [5, 5.41) is 25.9. The van der Waals surface area contributed by atoms with Crippen LogP contribution in [0.15, 0.2) is 54.7 Å². The lowest BCUT2D eigenvalue weighted by Crippen LogP contribution is -1.93. The van der Waals surface area contributed by atoms with Crippen molar-refractivity contribution in [3.05, 3.63) is 65.6 Å². The van der Waals surface area contributed by atoms with Crippen LogP contribution < -0.4 is 10.1 Å². The van der Waals surface area contributed by atoms with Crippen molar-refractivity contribution in [3.63, 3.8) is 0 Å². The molecule has 3 aromatic rings. The van der Waals surface area contributed by atoms with Crippen LogP contribution in [0.4, 0.5) is 5.69 Å². The van der Waals surface area contributed by atoms with Crippen molar-refractivity contribution in [2.75, 3.05) is 5.32 Å². The first-order chi connectivity index (χ1) is 11.8. The number of allylic oxidation sites excluding steroid dienone is 1. The highest BCUT2D eigenvalue weighted by atomic mass is 35.5. The Balaban J connectivity index is 1.69. The van der Waals surface area contributed by atoms with Crippen LogP contribution in [0.5, 0.6) is 11.5 Å². The molecule has 0 saturated carbocycles. The molecule has 3 rings (SSSR count). The number of aromatic nitrogens is 4. The third kappa shape index (κ3) is 3.69. The number of nitriles is 1. The van der Waals surface area contributed by atoms with Gasteiger partial charge in [0.2, 0.25) is 5.82 Å². The van der Waals surface area contributed by atoms with E-state index in [1.165, 1.54) is 6.20 Å². The second kappa shape index (κ2) is 7.26. The Labute approximate surface area is 142 Å². The zero-order valence-electron chi connectivity index (χ0n) is 12.3. The molecule has 0 fully saturated rings. The lowest BCUT2D eigenvalue weighted by atomic mass is 10.2. The number of halogens is 1. The van der Waals surface area contributed by atoms with Crippen molar-refractivity contribution in [1.29, 1.82) is 5.26 Å². The van der Waals surface area contributed by atoms with Gasteiger partial charge >= 0.3 is 0 Å². The Bertz CT molecular complexity index is 884. The fourth-order valence-electron chi connectivity index (χ4n) is 1.85. The molecule has 24 heavy (non-hydrogen) atoms. The number of aromatic amines is 1. The number of hydrogen-bond acceptors (Lipinski definition) is 6. The fraction of sp³-hybridized carbons (Fsp3) is 0. The molecule has 0 radical (unpaired) electrons. The van der Waals surface area contributed by atoms with E-state index in [-0.39, 0.29) is 11.4 Å². The number of hydrogen-bond donors (Lipinski definition) is 2. The largest absolute Gasteiger partial charge is 0.456 e. The van der Waals surface area contributed by atoms with Crippen molar-refractivity contribution < 1.29 is 4.74 Å². The van der Waals surface area contributed by atoms with Gasteiger partial charge in [-0.3, -0.25) is 0 Å². The number of ether oxygens (including phenoxy) is 1. The minimum absolute atomic E-state index is 0.226. The van der Waals surface area contributed by atoms with Gasteiger partial charge in [0.05, 0.1) is 5.02 Å². The van der Waals surface area contributed by atoms with Gasteiger partial charge in [-0.2, -0.15) is 10.5 Å². The molecule has 0 atom stereocenters. The molecule has 0 bridgehead atoms. The molecule has 118 valence electrons. The SMILES string of the molecule is N#CC(=CNc1ccc(Oc2ccccc2Cl)cc1)c1nn[nH]n1. The number of nitrogens with one attached hydrogen (secondary N) is 2. The molecule has 8 heteroatoms. The van der Waals surface area contributed by atoms with E-state index in [9.17, 15) is 0 Å². The van der Waals surface area contributed by atoms with E-state index in [2.05, 4.69) is 25.9 Å². The first kappa shape index (κ1) is 15.5. The summed E-state index contributed by atoms with van der Waals surface area (Å²) < 4.78 is 5.71. The standard InChI is InChI=1S/C16H11ClN6O/c17-14-3-1-2-4-15(14)24-13-7-5-12(6-8-13)19-10-11(9-18)16-20-22-23-21-16/h1-8,10,19H,(H,20,21,22,23). The number of tetrazole rings is 1. The number of para-hydroxylation sites is 1. The number of benzene rings is 2. The first-order valence-electron chi connectivity index (χ1n) is 6.89. The molecule has 0 unspecified atom stereocenters. The third-order valence-electron chi connectivity index (χ3n) is 3.01. The molecule has 2 aromatic carbocycles. The molecule has 0 spiro atoms. The predicted molar refractivity (Wildman–Crippen MR) is 89.4 cm³/mol. The maximum Gasteiger partial charge on any atom is 0.216 e. The van der Waals surface area contributed by atoms with E-state index in [4.69, 9.17) is 21.6 Å². The van der Waals surface area contributed by atoms with Gasteiger partial charge in [-0.25, -0.2) is 0 Å². The summed E-state index contributed by atoms with van der Waals surface area (Å²) >= 11 is 6.06. The Kier molecular flexibility index (Phi) is 4.70. The van der Waals surface area contributed by atoms with Gasteiger partial charge in [-0.15, -0.1) is 10.2 Å². The van der Waals surface area contributed by atoms with Crippen LogP contribution in [0.2, 0.25) is 5.02 Å². The van der Waals surface area contributed by atoms with Gasteiger partial charge in [0.1, 0.15) is 23.1 Å². The number of H-pyrrole nitrogens is 1. The van der Waals surface area contributed by atoms with Crippen molar-refractivity contribution in [1.82, 2.24) is 20.6 Å². The minimum Gasteiger partial charge on any atom is -0.456 e. The zero-order chi connectivity index (χ0) is 16.8. The Morgan fingerprint density at radius 3 is 2.67 bits per heavy atom. The molecule has 1 heterocycles. The Morgan fingerprint density at radius 1 is 1.21 bits per heavy atom. The minimum atomic E-state index is 0.226. The molecular weight excluding hydrogens is 328 g/mol. The zero-order valence-corrected chi connectivity index (χ0v) is 13.0. The second-order valence-corrected chi connectivity index (χ2v) is 5.01. The maximum absolute atomic E-state index is 9.10. The van der Waals surface area contributed by atoms with Crippen LogP contribution >= 0.6 is 11.6 Å². The van der Waals surface area contributed by atoms with Crippen LogP contribution in [-0.2, 0) is 0 Å². The van der Waals surface area contributed by atoms with Crippen LogP contribution in [0.1, 0.15) is 5.82 Å². The summed E-state index contributed by atoms with van der Waals surface area (Å²) in [6.07, 6.45) is 1.51. The van der Waals surface area contributed by atoms with E-state index in [0.29, 0.717) is 16.5 Å². The normalized spacial score (nSPS) is 10.9. The van der Waals surface area contributed by atoms with Gasteiger partial charge < -0.3 is 10.1 Å². The molecule has 0 amide bonds. The van der Waals surface area contributed by atoms with Gasteiger partial charge in [-0.05, 0) is 41.6 Å². The highest BCUT2D eigenvalue weighted by molar-refractivity contribution is 6.32. The van der Waals surface area contributed by atoms with E-state index < -0.39 is 0 Å². The molecule has 0 aliphatic rings. The summed E-state index contributed by atoms with van der Waals surface area (Å²) in [4.78, 5) is 0. The number of nitrogens with zero attached hydrogens (tertiary/aromatic N) is 4. The molecule has 1 aromatic heterocycles. The van der Waals surface area contributed by atoms with E-state index >= 15 is 0 Å². The lowest BCUT2D eigenvalue weighted by Gasteiger charge is -2.08. The smallest absolute Gasteiger partial charge is 0.216 e. The second-order valence-electron chi connectivity index (χ2n) is 4.61. The van der Waals surface area contributed by atoms with Crippen molar-refractivity contribution in [3.8, 4) is 17.6 Å². The molecule has 0 aliphatic carbocycles. The van der Waals surface area contributed by atoms with Crippen molar-refractivity contribution in [2.24, 2.45) is 0 Å². The van der Waals surface area contributed by atoms with E-state index in [1.807, 2.05) is 30.3 Å². The van der Waals surface area contributed by atoms with Gasteiger partial charge in [0.15, 0.2) is 0 Å².